The normalized spacial score (nSPS) is 13.0. The van der Waals surface area contributed by atoms with E-state index in [4.69, 9.17) is 4.74 Å². The number of para-hydroxylation sites is 2. The van der Waals surface area contributed by atoms with Crippen molar-refractivity contribution in [2.75, 3.05) is 24.2 Å². The Hall–Kier alpha value is -2.28. The molecule has 0 spiro atoms. The maximum atomic E-state index is 12.0. The van der Waals surface area contributed by atoms with Crippen LogP contribution in [0.1, 0.15) is 33.6 Å². The highest BCUT2D eigenvalue weighted by Gasteiger charge is 2.15. The van der Waals surface area contributed by atoms with Gasteiger partial charge in [0.25, 0.3) is 0 Å². The number of fused-ring (bicyclic) bond motifs is 1. The Labute approximate surface area is 164 Å². The van der Waals surface area contributed by atoms with Crippen LogP contribution in [0.4, 0.5) is 11.4 Å². The summed E-state index contributed by atoms with van der Waals surface area (Å²) in [4.78, 5) is 28.5. The fraction of sp³-hybridized carbons (Fsp3) is 0.450. The smallest absolute Gasteiger partial charge is 0.311 e. The first-order valence-electron chi connectivity index (χ1n) is 9.18. The molecule has 0 saturated carbocycles. The van der Waals surface area contributed by atoms with Crippen LogP contribution in [-0.4, -0.2) is 35.8 Å². The second-order valence-electron chi connectivity index (χ2n) is 6.56. The molecule has 0 aromatic heterocycles. The number of nitrogens with zero attached hydrogens (tertiary/aromatic N) is 1. The van der Waals surface area contributed by atoms with E-state index in [1.807, 2.05) is 30.3 Å². The van der Waals surface area contributed by atoms with Gasteiger partial charge in [0.2, 0.25) is 5.91 Å². The van der Waals surface area contributed by atoms with Gasteiger partial charge in [-0.3, -0.25) is 9.59 Å². The molecule has 0 bridgehead atoms. The first-order valence-corrected chi connectivity index (χ1v) is 10.2. The quantitative estimate of drug-likeness (QED) is 0.660. The Kier molecular flexibility index (Phi) is 8.39. The Bertz CT molecular complexity index is 729. The molecule has 0 unspecified atom stereocenters. The molecule has 1 aliphatic rings. The van der Waals surface area contributed by atoms with Gasteiger partial charge in [-0.05, 0) is 37.5 Å². The monoisotopic (exact) mass is 389 g/mol. The van der Waals surface area contributed by atoms with Gasteiger partial charge < -0.3 is 15.4 Å². The lowest BCUT2D eigenvalue weighted by molar-refractivity contribution is -0.142. The third-order valence-electron chi connectivity index (χ3n) is 3.76. The third kappa shape index (κ3) is 7.46. The summed E-state index contributed by atoms with van der Waals surface area (Å²) in [6, 6.07) is 7.61. The van der Waals surface area contributed by atoms with Crippen molar-refractivity contribution < 1.29 is 14.3 Å². The number of aliphatic imine (C=N–C) groups is 1. The van der Waals surface area contributed by atoms with Gasteiger partial charge in [0.15, 0.2) is 0 Å². The van der Waals surface area contributed by atoms with Crippen molar-refractivity contribution in [3.63, 3.8) is 0 Å². The largest absolute Gasteiger partial charge is 0.466 e. The van der Waals surface area contributed by atoms with E-state index in [0.717, 1.165) is 17.8 Å². The average molecular weight is 390 g/mol. The first kappa shape index (κ1) is 21.0. The summed E-state index contributed by atoms with van der Waals surface area (Å²) in [7, 11) is 0. The summed E-state index contributed by atoms with van der Waals surface area (Å²) in [5, 5.41) is 6.85. The Morgan fingerprint density at radius 2 is 2.07 bits per heavy atom. The molecule has 1 heterocycles. The number of anilines is 1. The van der Waals surface area contributed by atoms with Crippen molar-refractivity contribution in [3.8, 4) is 0 Å². The third-order valence-corrected chi connectivity index (χ3v) is 4.67. The number of hydrogen-bond acceptors (Lipinski definition) is 6. The van der Waals surface area contributed by atoms with E-state index >= 15 is 0 Å². The molecule has 2 rings (SSSR count). The van der Waals surface area contributed by atoms with Gasteiger partial charge in [-0.1, -0.05) is 37.7 Å². The van der Waals surface area contributed by atoms with Gasteiger partial charge in [0.1, 0.15) is 0 Å². The second kappa shape index (κ2) is 10.8. The molecule has 1 aromatic rings. The maximum Gasteiger partial charge on any atom is 0.311 e. The Balaban J connectivity index is 2.05. The zero-order valence-electron chi connectivity index (χ0n) is 16.1. The van der Waals surface area contributed by atoms with Crippen molar-refractivity contribution >= 4 is 40.1 Å². The van der Waals surface area contributed by atoms with Crippen molar-refractivity contribution in [2.24, 2.45) is 10.9 Å². The van der Waals surface area contributed by atoms with Gasteiger partial charge in [0.05, 0.1) is 35.2 Å². The first-order chi connectivity index (χ1) is 13.0. The van der Waals surface area contributed by atoms with Crippen molar-refractivity contribution in [1.29, 1.82) is 0 Å². The summed E-state index contributed by atoms with van der Waals surface area (Å²) >= 11 is 1.35. The molecule has 6 nitrogen and oxygen atoms in total. The molecule has 0 fully saturated rings. The highest BCUT2D eigenvalue weighted by atomic mass is 32.2. The molecule has 0 saturated heterocycles. The van der Waals surface area contributed by atoms with E-state index in [9.17, 15) is 9.59 Å². The average Bonchev–Trinajstić information content (AvgIpc) is 2.78. The van der Waals surface area contributed by atoms with Crippen LogP contribution in [0.2, 0.25) is 0 Å². The number of esters is 1. The van der Waals surface area contributed by atoms with Gasteiger partial charge in [-0.2, -0.15) is 0 Å². The van der Waals surface area contributed by atoms with Crippen LogP contribution in [0, 0.1) is 5.92 Å². The molecule has 27 heavy (non-hydrogen) atoms. The Morgan fingerprint density at radius 1 is 1.30 bits per heavy atom. The van der Waals surface area contributed by atoms with Gasteiger partial charge in [0, 0.05) is 12.2 Å². The minimum atomic E-state index is -0.300. The number of ether oxygens (including phenoxy) is 1. The fourth-order valence-electron chi connectivity index (χ4n) is 2.41. The number of carbonyl (C=O) groups excluding carboxylic acids is 2. The maximum absolute atomic E-state index is 12.0. The minimum Gasteiger partial charge on any atom is -0.466 e. The van der Waals surface area contributed by atoms with E-state index in [0.29, 0.717) is 29.8 Å². The van der Waals surface area contributed by atoms with Crippen LogP contribution in [-0.2, 0) is 14.3 Å². The highest BCUT2D eigenvalue weighted by molar-refractivity contribution is 8.14. The van der Waals surface area contributed by atoms with E-state index in [2.05, 4.69) is 29.5 Å². The molecule has 1 aliphatic heterocycles. The van der Waals surface area contributed by atoms with E-state index in [1.165, 1.54) is 11.8 Å². The number of benzene rings is 1. The second-order valence-corrected chi connectivity index (χ2v) is 7.56. The van der Waals surface area contributed by atoms with Crippen LogP contribution < -0.4 is 10.6 Å². The van der Waals surface area contributed by atoms with Crippen LogP contribution in [0.15, 0.2) is 41.0 Å². The zero-order chi connectivity index (χ0) is 19.6. The van der Waals surface area contributed by atoms with E-state index in [1.54, 1.807) is 6.92 Å². The molecule has 7 heteroatoms. The zero-order valence-corrected chi connectivity index (χ0v) is 16.9. The standard InChI is InChI=1S/C20H27N3O3S/c1-4-26-20(25)12-15-11-19(23-17-8-6-5-7-16(17)22-15)27-13-18(24)21-10-9-14(2)3/h5-8,11,14,22H,4,9-10,12-13H2,1-3H3,(H,21,24). The molecule has 2 N–H and O–H groups in total. The molecular weight excluding hydrogens is 362 g/mol. The lowest BCUT2D eigenvalue weighted by Crippen LogP contribution is -2.27. The van der Waals surface area contributed by atoms with E-state index in [-0.39, 0.29) is 24.1 Å². The van der Waals surface area contributed by atoms with Crippen molar-refractivity contribution in [2.45, 2.75) is 33.6 Å². The van der Waals surface area contributed by atoms with Crippen LogP contribution in [0.3, 0.4) is 0 Å². The molecule has 0 radical (unpaired) electrons. The highest BCUT2D eigenvalue weighted by Crippen LogP contribution is 2.30. The predicted molar refractivity (Wildman–Crippen MR) is 111 cm³/mol. The van der Waals surface area contributed by atoms with Crippen LogP contribution in [0.5, 0.6) is 0 Å². The number of amides is 1. The molecule has 0 atom stereocenters. The van der Waals surface area contributed by atoms with Crippen LogP contribution >= 0.6 is 11.8 Å². The van der Waals surface area contributed by atoms with Gasteiger partial charge in [-0.25, -0.2) is 4.99 Å². The molecule has 146 valence electrons. The summed E-state index contributed by atoms with van der Waals surface area (Å²) in [6.45, 7) is 7.05. The number of nitrogens with one attached hydrogen (secondary N) is 2. The predicted octanol–water partition coefficient (Wildman–Crippen LogP) is 3.87. The lowest BCUT2D eigenvalue weighted by Gasteiger charge is -2.10. The van der Waals surface area contributed by atoms with Crippen molar-refractivity contribution in [3.05, 3.63) is 36.0 Å². The van der Waals surface area contributed by atoms with E-state index < -0.39 is 0 Å². The Morgan fingerprint density at radius 3 is 2.81 bits per heavy atom. The van der Waals surface area contributed by atoms with Crippen molar-refractivity contribution in [1.82, 2.24) is 5.32 Å². The minimum absolute atomic E-state index is 0.0193. The summed E-state index contributed by atoms with van der Waals surface area (Å²) in [6.07, 6.45) is 2.89. The topological polar surface area (TPSA) is 79.8 Å². The van der Waals surface area contributed by atoms with Crippen LogP contribution in [0.25, 0.3) is 0 Å². The fourth-order valence-corrected chi connectivity index (χ4v) is 3.18. The number of thioether (sulfide) groups is 1. The lowest BCUT2D eigenvalue weighted by atomic mass is 10.1. The number of hydrogen-bond donors (Lipinski definition) is 2. The number of rotatable bonds is 8. The summed E-state index contributed by atoms with van der Waals surface area (Å²) < 4.78 is 5.04. The van der Waals surface area contributed by atoms with Gasteiger partial charge >= 0.3 is 5.97 Å². The molecule has 1 amide bonds. The number of carbonyl (C=O) groups is 2. The summed E-state index contributed by atoms with van der Waals surface area (Å²) in [5.74, 6) is 0.517. The molecule has 0 aliphatic carbocycles. The van der Waals surface area contributed by atoms with Gasteiger partial charge in [-0.15, -0.1) is 0 Å². The molecular formula is C20H27N3O3S. The SMILES string of the molecule is CCOC(=O)CC1=CC(SCC(=O)NCCC(C)C)=Nc2ccccc2N1. The molecule has 1 aromatic carbocycles. The summed E-state index contributed by atoms with van der Waals surface area (Å²) in [5.41, 5.74) is 2.30.